The molecule has 112 valence electrons. The molecule has 0 N–H and O–H groups in total. The third kappa shape index (κ3) is 2.69. The van der Waals surface area contributed by atoms with Crippen molar-refractivity contribution in [2.45, 2.75) is 12.6 Å². The van der Waals surface area contributed by atoms with Crippen LogP contribution in [0.1, 0.15) is 27.3 Å². The van der Waals surface area contributed by atoms with Crippen LogP contribution in [0.5, 0.6) is 0 Å². The third-order valence-corrected chi connectivity index (χ3v) is 3.28. The highest BCUT2D eigenvalue weighted by atomic mass is 19.4. The number of hydrogen-bond donors (Lipinski definition) is 0. The van der Waals surface area contributed by atoms with Crippen molar-refractivity contribution >= 4 is 11.9 Å². The second-order valence-electron chi connectivity index (χ2n) is 4.80. The van der Waals surface area contributed by atoms with Crippen molar-refractivity contribution < 1.29 is 18.0 Å². The van der Waals surface area contributed by atoms with Gasteiger partial charge in [-0.15, -0.1) is 10.2 Å². The van der Waals surface area contributed by atoms with Crippen molar-refractivity contribution in [2.75, 3.05) is 0 Å². The highest BCUT2D eigenvalue weighted by Crippen LogP contribution is 2.29. The van der Waals surface area contributed by atoms with E-state index in [0.29, 0.717) is 35.3 Å². The first-order valence-electron chi connectivity index (χ1n) is 6.42. The SMILES string of the molecule is O=Cc1ccc2nnc(Cc3ccc(C(F)(F)F)cc3)n2c1. The van der Waals surface area contributed by atoms with Gasteiger partial charge < -0.3 is 0 Å². The van der Waals surface area contributed by atoms with Gasteiger partial charge >= 0.3 is 6.18 Å². The van der Waals surface area contributed by atoms with Gasteiger partial charge in [-0.25, -0.2) is 0 Å². The van der Waals surface area contributed by atoms with Crippen molar-refractivity contribution in [3.05, 3.63) is 65.1 Å². The summed E-state index contributed by atoms with van der Waals surface area (Å²) >= 11 is 0. The number of aldehydes is 1. The summed E-state index contributed by atoms with van der Waals surface area (Å²) in [6, 6.07) is 8.18. The Bertz CT molecular complexity index is 822. The summed E-state index contributed by atoms with van der Waals surface area (Å²) in [7, 11) is 0. The highest BCUT2D eigenvalue weighted by molar-refractivity contribution is 5.74. The van der Waals surface area contributed by atoms with E-state index in [2.05, 4.69) is 10.2 Å². The maximum absolute atomic E-state index is 12.5. The van der Waals surface area contributed by atoms with Crippen LogP contribution in [0.4, 0.5) is 13.2 Å². The van der Waals surface area contributed by atoms with E-state index in [1.165, 1.54) is 12.1 Å². The lowest BCUT2D eigenvalue weighted by atomic mass is 10.1. The van der Waals surface area contributed by atoms with Gasteiger partial charge in [0.05, 0.1) is 5.56 Å². The lowest BCUT2D eigenvalue weighted by Gasteiger charge is -2.07. The molecule has 0 saturated heterocycles. The lowest BCUT2D eigenvalue weighted by Crippen LogP contribution is -2.05. The molecule has 4 nitrogen and oxygen atoms in total. The summed E-state index contributed by atoms with van der Waals surface area (Å²) < 4.78 is 39.2. The fourth-order valence-electron chi connectivity index (χ4n) is 2.14. The second kappa shape index (κ2) is 5.25. The van der Waals surface area contributed by atoms with Crippen LogP contribution in [0.3, 0.4) is 0 Å². The van der Waals surface area contributed by atoms with E-state index < -0.39 is 11.7 Å². The Hall–Kier alpha value is -2.70. The molecule has 7 heteroatoms. The van der Waals surface area contributed by atoms with Crippen molar-refractivity contribution in [3.8, 4) is 0 Å². The number of rotatable bonds is 3. The first-order valence-corrected chi connectivity index (χ1v) is 6.42. The molecule has 0 radical (unpaired) electrons. The average molecular weight is 305 g/mol. The van der Waals surface area contributed by atoms with Crippen LogP contribution in [-0.4, -0.2) is 20.9 Å². The molecule has 0 aliphatic heterocycles. The van der Waals surface area contributed by atoms with Gasteiger partial charge in [-0.1, -0.05) is 12.1 Å². The number of carbonyl (C=O) groups is 1. The van der Waals surface area contributed by atoms with Gasteiger partial charge in [0.15, 0.2) is 11.9 Å². The van der Waals surface area contributed by atoms with Crippen LogP contribution in [0.15, 0.2) is 42.6 Å². The number of nitrogens with zero attached hydrogens (tertiary/aromatic N) is 3. The normalized spacial score (nSPS) is 11.8. The Morgan fingerprint density at radius 3 is 2.41 bits per heavy atom. The van der Waals surface area contributed by atoms with Crippen LogP contribution in [0, 0.1) is 0 Å². The van der Waals surface area contributed by atoms with Gasteiger partial charge in [0, 0.05) is 18.2 Å². The zero-order chi connectivity index (χ0) is 15.7. The number of pyridine rings is 1. The maximum Gasteiger partial charge on any atom is 0.416 e. The molecule has 1 aromatic carbocycles. The van der Waals surface area contributed by atoms with E-state index in [4.69, 9.17) is 0 Å². The Balaban J connectivity index is 1.91. The van der Waals surface area contributed by atoms with Crippen molar-refractivity contribution in [3.63, 3.8) is 0 Å². The second-order valence-corrected chi connectivity index (χ2v) is 4.80. The standard InChI is InChI=1S/C15H10F3N3O/c16-15(17,18)12-4-1-10(2-5-12)7-14-20-19-13-6-3-11(9-22)8-21(13)14/h1-6,8-9H,7H2. The Kier molecular flexibility index (Phi) is 3.40. The molecule has 0 aliphatic carbocycles. The zero-order valence-electron chi connectivity index (χ0n) is 11.2. The molecule has 3 rings (SSSR count). The summed E-state index contributed by atoms with van der Waals surface area (Å²) in [5, 5.41) is 7.98. The minimum Gasteiger partial charge on any atom is -0.298 e. The van der Waals surface area contributed by atoms with Crippen molar-refractivity contribution in [2.24, 2.45) is 0 Å². The minimum atomic E-state index is -4.35. The molecule has 22 heavy (non-hydrogen) atoms. The largest absolute Gasteiger partial charge is 0.416 e. The van der Waals surface area contributed by atoms with Crippen LogP contribution in [-0.2, 0) is 12.6 Å². The molecule has 3 aromatic rings. The fourth-order valence-corrected chi connectivity index (χ4v) is 2.14. The Morgan fingerprint density at radius 1 is 1.05 bits per heavy atom. The summed E-state index contributed by atoms with van der Waals surface area (Å²) in [4.78, 5) is 10.8. The van der Waals surface area contributed by atoms with E-state index in [-0.39, 0.29) is 0 Å². The van der Waals surface area contributed by atoms with Crippen molar-refractivity contribution in [1.29, 1.82) is 0 Å². The third-order valence-electron chi connectivity index (χ3n) is 3.28. The molecule has 0 saturated carbocycles. The molecule has 0 bridgehead atoms. The molecular formula is C15H10F3N3O. The summed E-state index contributed by atoms with van der Waals surface area (Å²) in [6.45, 7) is 0. The molecule has 2 aromatic heterocycles. The predicted molar refractivity (Wildman–Crippen MR) is 72.6 cm³/mol. The molecule has 2 heterocycles. The smallest absolute Gasteiger partial charge is 0.298 e. The van der Waals surface area contributed by atoms with E-state index in [1.54, 1.807) is 22.7 Å². The van der Waals surface area contributed by atoms with Gasteiger partial charge in [-0.05, 0) is 29.8 Å². The molecule has 0 atom stereocenters. The molecule has 0 aliphatic rings. The van der Waals surface area contributed by atoms with Crippen LogP contribution in [0.2, 0.25) is 0 Å². The van der Waals surface area contributed by atoms with Gasteiger partial charge in [0.25, 0.3) is 0 Å². The number of alkyl halides is 3. The van der Waals surface area contributed by atoms with E-state index in [0.717, 1.165) is 12.1 Å². The number of fused-ring (bicyclic) bond motifs is 1. The summed E-state index contributed by atoms with van der Waals surface area (Å²) in [6.07, 6.45) is -1.72. The number of halogens is 3. The number of carbonyl (C=O) groups excluding carboxylic acids is 1. The quantitative estimate of drug-likeness (QED) is 0.698. The van der Waals surface area contributed by atoms with Crippen molar-refractivity contribution in [1.82, 2.24) is 14.6 Å². The van der Waals surface area contributed by atoms with Gasteiger partial charge in [-0.2, -0.15) is 13.2 Å². The molecule has 0 spiro atoms. The topological polar surface area (TPSA) is 47.3 Å². The minimum absolute atomic E-state index is 0.321. The predicted octanol–water partition coefficient (Wildman–Crippen LogP) is 3.15. The first-order chi connectivity index (χ1) is 10.5. The van der Waals surface area contributed by atoms with E-state index >= 15 is 0 Å². The van der Waals surface area contributed by atoms with Crippen LogP contribution >= 0.6 is 0 Å². The first kappa shape index (κ1) is 14.2. The monoisotopic (exact) mass is 305 g/mol. The highest BCUT2D eigenvalue weighted by Gasteiger charge is 2.29. The van der Waals surface area contributed by atoms with Crippen LogP contribution in [0.25, 0.3) is 5.65 Å². The van der Waals surface area contributed by atoms with E-state index in [9.17, 15) is 18.0 Å². The summed E-state index contributed by atoms with van der Waals surface area (Å²) in [5.74, 6) is 0.554. The van der Waals surface area contributed by atoms with Crippen LogP contribution < -0.4 is 0 Å². The zero-order valence-corrected chi connectivity index (χ0v) is 11.2. The van der Waals surface area contributed by atoms with Gasteiger partial charge in [-0.3, -0.25) is 9.20 Å². The number of hydrogen-bond acceptors (Lipinski definition) is 3. The molecule has 0 fully saturated rings. The lowest BCUT2D eigenvalue weighted by molar-refractivity contribution is -0.137. The average Bonchev–Trinajstić information content (AvgIpc) is 2.89. The van der Waals surface area contributed by atoms with E-state index in [1.807, 2.05) is 0 Å². The van der Waals surface area contributed by atoms with Gasteiger partial charge in [0.2, 0.25) is 0 Å². The summed E-state index contributed by atoms with van der Waals surface area (Å²) in [5.41, 5.74) is 1.04. The number of benzene rings is 1. The Morgan fingerprint density at radius 2 is 1.77 bits per heavy atom. The van der Waals surface area contributed by atoms with Gasteiger partial charge in [0.1, 0.15) is 5.82 Å². The molecular weight excluding hydrogens is 295 g/mol. The Labute approximate surface area is 123 Å². The molecule has 0 amide bonds. The fraction of sp³-hybridized carbons (Fsp3) is 0.133. The maximum atomic E-state index is 12.5. The molecule has 0 unspecified atom stereocenters. The number of aromatic nitrogens is 3.